The smallest absolute Gasteiger partial charge is 0.214 e. The summed E-state index contributed by atoms with van der Waals surface area (Å²) in [7, 11) is 2.12. The number of anilines is 3. The van der Waals surface area contributed by atoms with Gasteiger partial charge in [-0.05, 0) is 67.0 Å². The van der Waals surface area contributed by atoms with E-state index in [1.807, 2.05) is 6.20 Å². The average Bonchev–Trinajstić information content (AvgIpc) is 3.75. The number of hydrogen-bond acceptors (Lipinski definition) is 8. The molecule has 38 heavy (non-hydrogen) atoms. The number of hydrogen-bond donors (Lipinski definition) is 2. The molecule has 0 spiro atoms. The second kappa shape index (κ2) is 9.50. The summed E-state index contributed by atoms with van der Waals surface area (Å²) in [4.78, 5) is 24.7. The number of rotatable bonds is 6. The van der Waals surface area contributed by atoms with Gasteiger partial charge in [-0.1, -0.05) is 13.8 Å². The number of pyridine rings is 3. The summed E-state index contributed by atoms with van der Waals surface area (Å²) in [5.41, 5.74) is 2.73. The molecule has 0 radical (unpaired) electrons. The Labute approximate surface area is 220 Å². The van der Waals surface area contributed by atoms with Crippen LogP contribution in [-0.4, -0.2) is 51.1 Å². The highest BCUT2D eigenvalue weighted by Crippen LogP contribution is 2.45. The van der Waals surface area contributed by atoms with Gasteiger partial charge >= 0.3 is 0 Å². The van der Waals surface area contributed by atoms with Crippen LogP contribution in [0, 0.1) is 17.2 Å². The number of halogens is 2. The molecule has 4 aromatic heterocycles. The van der Waals surface area contributed by atoms with Gasteiger partial charge in [0.25, 0.3) is 0 Å². The summed E-state index contributed by atoms with van der Waals surface area (Å²) < 4.78 is 27.8. The van der Waals surface area contributed by atoms with Crippen molar-refractivity contribution in [1.29, 1.82) is 0 Å². The van der Waals surface area contributed by atoms with Gasteiger partial charge in [-0.2, -0.15) is 9.37 Å². The SMILES string of the molecule is CN(c1nc(-c2ccnc(Nc3nc(F)ccc3F)c2)nc2cncc(C3CC3)c12)[C@H]1CCNCC1(C)C. The van der Waals surface area contributed by atoms with Gasteiger partial charge in [0.1, 0.15) is 11.6 Å². The van der Waals surface area contributed by atoms with Crippen molar-refractivity contribution < 1.29 is 8.78 Å². The first kappa shape index (κ1) is 24.5. The van der Waals surface area contributed by atoms with Crippen molar-refractivity contribution in [2.24, 2.45) is 5.41 Å². The molecule has 4 aromatic rings. The number of aromatic nitrogens is 5. The fourth-order valence-electron chi connectivity index (χ4n) is 5.47. The van der Waals surface area contributed by atoms with E-state index in [4.69, 9.17) is 9.97 Å². The van der Waals surface area contributed by atoms with E-state index in [1.165, 1.54) is 5.56 Å². The van der Waals surface area contributed by atoms with Crippen LogP contribution < -0.4 is 15.5 Å². The number of nitrogens with one attached hydrogen (secondary N) is 2. The fraction of sp³-hybridized carbons (Fsp3) is 0.393. The van der Waals surface area contributed by atoms with Crippen LogP contribution in [0.3, 0.4) is 0 Å². The maximum Gasteiger partial charge on any atom is 0.214 e. The molecule has 2 fully saturated rings. The molecule has 8 nitrogen and oxygen atoms in total. The molecule has 6 rings (SSSR count). The minimum atomic E-state index is -0.782. The van der Waals surface area contributed by atoms with Crippen molar-refractivity contribution in [3.63, 3.8) is 0 Å². The largest absolute Gasteiger partial charge is 0.355 e. The Morgan fingerprint density at radius 3 is 2.68 bits per heavy atom. The monoisotopic (exact) mass is 516 g/mol. The molecule has 10 heteroatoms. The summed E-state index contributed by atoms with van der Waals surface area (Å²) in [6.07, 6.45) is 8.64. The lowest BCUT2D eigenvalue weighted by atomic mass is 9.79. The Balaban J connectivity index is 1.45. The Morgan fingerprint density at radius 1 is 1.05 bits per heavy atom. The standard InChI is InChI=1S/C28H30F2N8/c1-28(2)15-31-10-9-21(28)38(3)27-24-18(16-4-5-16)13-32-14-20(24)34-25(37-27)17-8-11-33-23(12-17)36-26-19(29)6-7-22(30)35-26/h6-8,11-14,16,21,31H,4-5,9-10,15H2,1-3H3,(H,33,35,36)/t21-/m0/s1. The lowest BCUT2D eigenvalue weighted by Crippen LogP contribution is -2.53. The topological polar surface area (TPSA) is 91.8 Å². The number of fused-ring (bicyclic) bond motifs is 1. The fourth-order valence-corrected chi connectivity index (χ4v) is 5.47. The van der Waals surface area contributed by atoms with E-state index < -0.39 is 11.8 Å². The van der Waals surface area contributed by atoms with Crippen LogP contribution in [0.1, 0.15) is 44.6 Å². The van der Waals surface area contributed by atoms with E-state index in [1.54, 1.807) is 24.5 Å². The van der Waals surface area contributed by atoms with Gasteiger partial charge in [0.15, 0.2) is 17.5 Å². The van der Waals surface area contributed by atoms with Gasteiger partial charge < -0.3 is 15.5 Å². The van der Waals surface area contributed by atoms with Crippen molar-refractivity contribution in [2.75, 3.05) is 30.4 Å². The van der Waals surface area contributed by atoms with Crippen molar-refractivity contribution in [2.45, 2.75) is 45.1 Å². The highest BCUT2D eigenvalue weighted by molar-refractivity contribution is 5.94. The lowest BCUT2D eigenvalue weighted by Gasteiger charge is -2.45. The van der Waals surface area contributed by atoms with Crippen molar-refractivity contribution >= 4 is 28.4 Å². The molecule has 0 amide bonds. The first-order valence-electron chi connectivity index (χ1n) is 12.9. The maximum absolute atomic E-state index is 14.2. The molecular weight excluding hydrogens is 486 g/mol. The molecule has 2 aliphatic rings. The zero-order valence-electron chi connectivity index (χ0n) is 21.7. The average molecular weight is 517 g/mol. The van der Waals surface area contributed by atoms with Gasteiger partial charge in [0.05, 0.1) is 11.7 Å². The van der Waals surface area contributed by atoms with Gasteiger partial charge in [-0.25, -0.2) is 19.3 Å². The zero-order chi connectivity index (χ0) is 26.4. The van der Waals surface area contributed by atoms with E-state index >= 15 is 0 Å². The molecule has 1 aliphatic carbocycles. The molecule has 0 aromatic carbocycles. The summed E-state index contributed by atoms with van der Waals surface area (Å²) in [5, 5.41) is 7.35. The van der Waals surface area contributed by atoms with Crippen LogP contribution in [0.5, 0.6) is 0 Å². The third-order valence-corrected chi connectivity index (χ3v) is 7.59. The van der Waals surface area contributed by atoms with Crippen LogP contribution in [0.2, 0.25) is 0 Å². The highest BCUT2D eigenvalue weighted by atomic mass is 19.1. The normalized spacial score (nSPS) is 18.9. The molecule has 1 atom stereocenters. The third kappa shape index (κ3) is 4.64. The number of nitrogens with zero attached hydrogens (tertiary/aromatic N) is 6. The Kier molecular flexibility index (Phi) is 6.14. The Morgan fingerprint density at radius 2 is 1.89 bits per heavy atom. The zero-order valence-corrected chi connectivity index (χ0v) is 21.7. The summed E-state index contributed by atoms with van der Waals surface area (Å²) >= 11 is 0. The molecular formula is C28H30F2N8. The van der Waals surface area contributed by atoms with Crippen molar-refractivity contribution in [1.82, 2.24) is 30.2 Å². The lowest BCUT2D eigenvalue weighted by molar-refractivity contribution is 0.215. The molecule has 5 heterocycles. The van der Waals surface area contributed by atoms with E-state index in [2.05, 4.69) is 51.4 Å². The van der Waals surface area contributed by atoms with E-state index in [9.17, 15) is 8.78 Å². The van der Waals surface area contributed by atoms with Crippen molar-refractivity contribution in [3.05, 3.63) is 60.2 Å². The van der Waals surface area contributed by atoms with E-state index in [0.717, 1.165) is 61.2 Å². The predicted molar refractivity (Wildman–Crippen MR) is 143 cm³/mol. The molecule has 1 saturated heterocycles. The van der Waals surface area contributed by atoms with E-state index in [-0.39, 0.29) is 17.3 Å². The van der Waals surface area contributed by atoms with Crippen LogP contribution in [0.15, 0.2) is 42.9 Å². The van der Waals surface area contributed by atoms with Gasteiger partial charge in [0.2, 0.25) is 5.95 Å². The minimum Gasteiger partial charge on any atom is -0.355 e. The Bertz CT molecular complexity index is 1500. The van der Waals surface area contributed by atoms with Crippen LogP contribution in [0.4, 0.5) is 26.2 Å². The van der Waals surface area contributed by atoms with Gasteiger partial charge in [-0.3, -0.25) is 4.98 Å². The van der Waals surface area contributed by atoms with E-state index in [0.29, 0.717) is 23.1 Å². The van der Waals surface area contributed by atoms with Crippen LogP contribution in [0.25, 0.3) is 22.3 Å². The predicted octanol–water partition coefficient (Wildman–Crippen LogP) is 5.21. The minimum absolute atomic E-state index is 0.0486. The second-order valence-corrected chi connectivity index (χ2v) is 10.9. The van der Waals surface area contributed by atoms with Gasteiger partial charge in [0, 0.05) is 43.0 Å². The van der Waals surface area contributed by atoms with Crippen molar-refractivity contribution in [3.8, 4) is 11.4 Å². The van der Waals surface area contributed by atoms with Crippen LogP contribution >= 0.6 is 0 Å². The maximum atomic E-state index is 14.2. The second-order valence-electron chi connectivity index (χ2n) is 10.9. The molecule has 196 valence electrons. The van der Waals surface area contributed by atoms with Crippen LogP contribution in [-0.2, 0) is 0 Å². The first-order chi connectivity index (χ1) is 18.3. The first-order valence-corrected chi connectivity index (χ1v) is 12.9. The number of piperidine rings is 1. The molecule has 1 saturated carbocycles. The summed E-state index contributed by atoms with van der Waals surface area (Å²) in [6, 6.07) is 5.79. The molecule has 1 aliphatic heterocycles. The Hall–Kier alpha value is -3.79. The van der Waals surface area contributed by atoms with Gasteiger partial charge in [-0.15, -0.1) is 0 Å². The summed E-state index contributed by atoms with van der Waals surface area (Å²) in [5.74, 6) is 0.503. The third-order valence-electron chi connectivity index (χ3n) is 7.59. The quantitative estimate of drug-likeness (QED) is 0.338. The highest BCUT2D eigenvalue weighted by Gasteiger charge is 2.37. The molecule has 0 bridgehead atoms. The molecule has 0 unspecified atom stereocenters. The summed E-state index contributed by atoms with van der Waals surface area (Å²) in [6.45, 7) is 6.46. The molecule has 2 N–H and O–H groups in total.